The Morgan fingerprint density at radius 3 is 1.90 bits per heavy atom. The van der Waals surface area contributed by atoms with E-state index in [0.29, 0.717) is 11.5 Å². The lowest BCUT2D eigenvalue weighted by Gasteiger charge is -1.96. The summed E-state index contributed by atoms with van der Waals surface area (Å²) in [5.41, 5.74) is 0. The first-order valence-corrected chi connectivity index (χ1v) is 3.16. The summed E-state index contributed by atoms with van der Waals surface area (Å²) in [6.45, 7) is 0. The molecule has 0 aliphatic heterocycles. The monoisotopic (exact) mass is 178 g/mol. The second kappa shape index (κ2) is 3.54. The highest BCUT2D eigenvalue weighted by Gasteiger charge is 1.94. The van der Waals surface area contributed by atoms with Gasteiger partial charge < -0.3 is 8.58 Å². The second-order valence-corrected chi connectivity index (χ2v) is 1.94. The van der Waals surface area contributed by atoms with Crippen molar-refractivity contribution in [2.75, 3.05) is 0 Å². The van der Waals surface area contributed by atoms with E-state index in [4.69, 9.17) is 23.7 Å². The van der Waals surface area contributed by atoms with Gasteiger partial charge in [0, 0.05) is 6.07 Å². The van der Waals surface area contributed by atoms with E-state index in [9.17, 15) is 0 Å². The summed E-state index contributed by atoms with van der Waals surface area (Å²) in [4.78, 5) is 0. The molecule has 0 unspecified atom stereocenters. The molecule has 1 aromatic rings. The highest BCUT2D eigenvalue weighted by atomic mass is 35.5. The topological polar surface area (TPSA) is 18.5 Å². The SMILES string of the molecule is ClOc1cccc(OCl)c1. The molecule has 0 aliphatic carbocycles. The fourth-order valence-electron chi connectivity index (χ4n) is 0.570. The van der Waals surface area contributed by atoms with E-state index in [0.717, 1.165) is 0 Å². The number of rotatable bonds is 2. The maximum atomic E-state index is 5.06. The summed E-state index contributed by atoms with van der Waals surface area (Å²) in [6, 6.07) is 6.66. The molecule has 0 fully saturated rings. The summed E-state index contributed by atoms with van der Waals surface area (Å²) in [7, 11) is 0. The molecule has 0 spiro atoms. The zero-order chi connectivity index (χ0) is 7.40. The van der Waals surface area contributed by atoms with Crippen molar-refractivity contribution < 1.29 is 8.58 Å². The largest absolute Gasteiger partial charge is 0.385 e. The molecule has 0 aliphatic rings. The van der Waals surface area contributed by atoms with Gasteiger partial charge in [-0.1, -0.05) is 6.07 Å². The van der Waals surface area contributed by atoms with E-state index in [-0.39, 0.29) is 0 Å². The van der Waals surface area contributed by atoms with Crippen LogP contribution in [-0.4, -0.2) is 0 Å². The van der Waals surface area contributed by atoms with Crippen molar-refractivity contribution in [3.05, 3.63) is 24.3 Å². The van der Waals surface area contributed by atoms with Gasteiger partial charge in [-0.05, 0) is 12.1 Å². The van der Waals surface area contributed by atoms with Crippen LogP contribution in [0.5, 0.6) is 11.5 Å². The average molecular weight is 179 g/mol. The van der Waals surface area contributed by atoms with Crippen molar-refractivity contribution in [2.45, 2.75) is 0 Å². The smallest absolute Gasteiger partial charge is 0.150 e. The highest BCUT2D eigenvalue weighted by molar-refractivity contribution is 6.09. The molecule has 0 saturated heterocycles. The van der Waals surface area contributed by atoms with Crippen molar-refractivity contribution in [2.24, 2.45) is 0 Å². The molecule has 0 aromatic heterocycles. The molecule has 1 rings (SSSR count). The number of halogens is 2. The van der Waals surface area contributed by atoms with E-state index >= 15 is 0 Å². The Labute approximate surface area is 68.6 Å². The predicted octanol–water partition coefficient (Wildman–Crippen LogP) is 2.75. The Morgan fingerprint density at radius 2 is 1.50 bits per heavy atom. The standard InChI is InChI=1S/C6H4Cl2O2/c7-9-5-2-1-3-6(4-5)10-8/h1-4H. The van der Waals surface area contributed by atoms with E-state index in [1.807, 2.05) is 0 Å². The third-order valence-corrected chi connectivity index (χ3v) is 1.34. The molecule has 1 aromatic carbocycles. The summed E-state index contributed by atoms with van der Waals surface area (Å²) in [5.74, 6) is 1.000. The van der Waals surface area contributed by atoms with Crippen LogP contribution in [0.4, 0.5) is 0 Å². The Balaban J connectivity index is 2.87. The highest BCUT2D eigenvalue weighted by Crippen LogP contribution is 2.20. The first-order chi connectivity index (χ1) is 4.86. The third-order valence-electron chi connectivity index (χ3n) is 0.984. The molecule has 4 heteroatoms. The van der Waals surface area contributed by atoms with Crippen molar-refractivity contribution in [3.63, 3.8) is 0 Å². The minimum absolute atomic E-state index is 0.500. The summed E-state index contributed by atoms with van der Waals surface area (Å²) in [5, 5.41) is 0. The van der Waals surface area contributed by atoms with Crippen molar-refractivity contribution in [1.82, 2.24) is 0 Å². The van der Waals surface area contributed by atoms with E-state index in [1.165, 1.54) is 0 Å². The third kappa shape index (κ3) is 1.69. The lowest BCUT2D eigenvalue weighted by Crippen LogP contribution is -1.76. The van der Waals surface area contributed by atoms with Crippen molar-refractivity contribution in [1.29, 1.82) is 0 Å². The molecule has 2 nitrogen and oxygen atoms in total. The van der Waals surface area contributed by atoms with Crippen LogP contribution in [0.1, 0.15) is 0 Å². The molecule has 0 saturated carbocycles. The number of hydrogen-bond acceptors (Lipinski definition) is 2. The van der Waals surface area contributed by atoms with E-state index in [1.54, 1.807) is 24.3 Å². The molecule has 0 amide bonds. The zero-order valence-corrected chi connectivity index (χ0v) is 6.39. The fourth-order valence-corrected chi connectivity index (χ4v) is 0.762. The fraction of sp³-hybridized carbons (Fsp3) is 0. The minimum atomic E-state index is 0.500. The summed E-state index contributed by atoms with van der Waals surface area (Å²) >= 11 is 10.1. The van der Waals surface area contributed by atoms with Crippen LogP contribution >= 0.6 is 23.7 Å². The molecular formula is C6H4Cl2O2. The van der Waals surface area contributed by atoms with Crippen LogP contribution in [0.2, 0.25) is 0 Å². The van der Waals surface area contributed by atoms with Crippen LogP contribution in [0.25, 0.3) is 0 Å². The van der Waals surface area contributed by atoms with Gasteiger partial charge in [0.05, 0.1) is 0 Å². The predicted molar refractivity (Wildman–Crippen MR) is 39.4 cm³/mol. The van der Waals surface area contributed by atoms with Gasteiger partial charge in [-0.2, -0.15) is 0 Å². The number of benzene rings is 1. The van der Waals surface area contributed by atoms with Crippen LogP contribution < -0.4 is 8.58 Å². The van der Waals surface area contributed by atoms with Gasteiger partial charge in [-0.15, -0.1) is 0 Å². The minimum Gasteiger partial charge on any atom is -0.385 e. The van der Waals surface area contributed by atoms with E-state index < -0.39 is 0 Å². The van der Waals surface area contributed by atoms with E-state index in [2.05, 4.69) is 8.58 Å². The van der Waals surface area contributed by atoms with Gasteiger partial charge in [0.25, 0.3) is 0 Å². The molecule has 0 heterocycles. The normalized spacial score (nSPS) is 9.00. The lowest BCUT2D eigenvalue weighted by molar-refractivity contribution is 0.591. The molecule has 0 radical (unpaired) electrons. The Kier molecular flexibility index (Phi) is 2.66. The van der Waals surface area contributed by atoms with Crippen LogP contribution in [-0.2, 0) is 0 Å². The van der Waals surface area contributed by atoms with Gasteiger partial charge in [0.15, 0.2) is 0 Å². The molecule has 0 bridgehead atoms. The maximum Gasteiger partial charge on any atom is 0.150 e. The van der Waals surface area contributed by atoms with Gasteiger partial charge >= 0.3 is 0 Å². The first-order valence-electron chi connectivity index (χ1n) is 2.54. The molecule has 0 N–H and O–H groups in total. The van der Waals surface area contributed by atoms with Crippen molar-refractivity contribution >= 4 is 23.7 Å². The van der Waals surface area contributed by atoms with Crippen LogP contribution in [0.3, 0.4) is 0 Å². The zero-order valence-electron chi connectivity index (χ0n) is 4.88. The maximum absolute atomic E-state index is 5.06. The second-order valence-electron chi connectivity index (χ2n) is 1.63. The molecule has 54 valence electrons. The Hall–Kier alpha value is -0.600. The van der Waals surface area contributed by atoms with Gasteiger partial charge in [0.1, 0.15) is 35.2 Å². The van der Waals surface area contributed by atoms with Gasteiger partial charge in [-0.3, -0.25) is 0 Å². The lowest BCUT2D eigenvalue weighted by atomic mass is 10.3. The van der Waals surface area contributed by atoms with Crippen LogP contribution in [0, 0.1) is 0 Å². The van der Waals surface area contributed by atoms with Crippen LogP contribution in [0.15, 0.2) is 24.3 Å². The summed E-state index contributed by atoms with van der Waals surface area (Å²) in [6.07, 6.45) is 0. The van der Waals surface area contributed by atoms with Crippen molar-refractivity contribution in [3.8, 4) is 11.5 Å². The average Bonchev–Trinajstić information content (AvgIpc) is 2.05. The van der Waals surface area contributed by atoms with Gasteiger partial charge in [0.2, 0.25) is 0 Å². The Morgan fingerprint density at radius 1 is 1.00 bits per heavy atom. The van der Waals surface area contributed by atoms with Gasteiger partial charge in [-0.25, -0.2) is 0 Å². The Bertz CT molecular complexity index is 195. The quantitative estimate of drug-likeness (QED) is 0.694. The first kappa shape index (κ1) is 7.51. The molecule has 0 atom stereocenters. The summed E-state index contributed by atoms with van der Waals surface area (Å²) < 4.78 is 8.78. The number of hydrogen-bond donors (Lipinski definition) is 0. The molecular weight excluding hydrogens is 175 g/mol. The molecule has 10 heavy (non-hydrogen) atoms.